The first-order valence-electron chi connectivity index (χ1n) is 5.94. The third-order valence-corrected chi connectivity index (χ3v) is 4.10. The van der Waals surface area contributed by atoms with Crippen molar-refractivity contribution in [2.24, 2.45) is 10.3 Å². The van der Waals surface area contributed by atoms with Gasteiger partial charge in [-0.1, -0.05) is 44.2 Å². The van der Waals surface area contributed by atoms with Gasteiger partial charge in [0, 0.05) is 6.21 Å². The second-order valence-electron chi connectivity index (χ2n) is 5.04. The molecule has 94 valence electrons. The van der Waals surface area contributed by atoms with Gasteiger partial charge in [0.2, 0.25) is 0 Å². The Morgan fingerprint density at radius 3 is 2.41 bits per heavy atom. The van der Waals surface area contributed by atoms with E-state index in [2.05, 4.69) is 18.2 Å². The lowest BCUT2D eigenvalue weighted by atomic mass is 10.0. The van der Waals surface area contributed by atoms with Gasteiger partial charge in [0.1, 0.15) is 11.0 Å². The molecule has 0 saturated carbocycles. The smallest absolute Gasteiger partial charge is 0.149 e. The van der Waals surface area contributed by atoms with E-state index in [0.717, 1.165) is 12.0 Å². The van der Waals surface area contributed by atoms with Gasteiger partial charge in [-0.25, -0.2) is 4.21 Å². The molecule has 0 aromatic heterocycles. The van der Waals surface area contributed by atoms with Gasteiger partial charge in [0.25, 0.3) is 0 Å². The van der Waals surface area contributed by atoms with Gasteiger partial charge in [-0.15, -0.1) is 0 Å². The van der Waals surface area contributed by atoms with Gasteiger partial charge in [-0.2, -0.15) is 4.40 Å². The molecule has 0 aliphatic carbocycles. The maximum absolute atomic E-state index is 12.2. The number of hydrogen-bond acceptors (Lipinski definition) is 1. The Balaban J connectivity index is 2.77. The van der Waals surface area contributed by atoms with Crippen molar-refractivity contribution < 1.29 is 4.21 Å². The molecule has 2 nitrogen and oxygen atoms in total. The Hall–Kier alpha value is -0.960. The van der Waals surface area contributed by atoms with Crippen molar-refractivity contribution in [2.75, 3.05) is 0 Å². The molecule has 3 heteroatoms. The number of nitrogens with zero attached hydrogens (tertiary/aromatic N) is 1. The molecule has 17 heavy (non-hydrogen) atoms. The molecular formula is C14H21NOS. The van der Waals surface area contributed by atoms with E-state index in [9.17, 15) is 4.21 Å². The first-order chi connectivity index (χ1) is 7.94. The maximum atomic E-state index is 12.2. The number of rotatable bonds is 5. The fraction of sp³-hybridized carbons (Fsp3) is 0.500. The summed E-state index contributed by atoms with van der Waals surface area (Å²) >= 11 is 0. The second kappa shape index (κ2) is 6.10. The molecule has 0 saturated heterocycles. The molecule has 0 aliphatic rings. The summed E-state index contributed by atoms with van der Waals surface area (Å²) in [5.41, 5.74) is 1.06. The van der Waals surface area contributed by atoms with Crippen molar-refractivity contribution in [3.63, 3.8) is 0 Å². The molecule has 0 heterocycles. The SMILES string of the molecule is CC(C)C/C=N/S(=O)C(C)(C)c1ccccc1. The molecule has 0 radical (unpaired) electrons. The quantitative estimate of drug-likeness (QED) is 0.734. The fourth-order valence-corrected chi connectivity index (χ4v) is 2.22. The fourth-order valence-electron chi connectivity index (χ4n) is 1.39. The van der Waals surface area contributed by atoms with Crippen LogP contribution in [0.5, 0.6) is 0 Å². The predicted octanol–water partition coefficient (Wildman–Crippen LogP) is 3.70. The lowest BCUT2D eigenvalue weighted by Crippen LogP contribution is -2.22. The summed E-state index contributed by atoms with van der Waals surface area (Å²) in [7, 11) is -1.23. The average Bonchev–Trinajstić information content (AvgIpc) is 2.29. The van der Waals surface area contributed by atoms with Gasteiger partial charge in [-0.3, -0.25) is 0 Å². The number of benzene rings is 1. The molecule has 0 spiro atoms. The van der Waals surface area contributed by atoms with Crippen LogP contribution in [0.15, 0.2) is 34.7 Å². The zero-order valence-electron chi connectivity index (χ0n) is 11.0. The first kappa shape index (κ1) is 14.1. The molecule has 0 N–H and O–H groups in total. The normalized spacial score (nSPS) is 14.4. The molecule has 1 rings (SSSR count). The van der Waals surface area contributed by atoms with Crippen LogP contribution < -0.4 is 0 Å². The standard InChI is InChI=1S/C14H21NOS/c1-12(2)10-11-15-17(16)14(3,4)13-8-6-5-7-9-13/h5-9,11-12H,10H2,1-4H3/b15-11+. The van der Waals surface area contributed by atoms with E-state index < -0.39 is 15.7 Å². The predicted molar refractivity (Wildman–Crippen MR) is 75.6 cm³/mol. The summed E-state index contributed by atoms with van der Waals surface area (Å²) in [6, 6.07) is 9.88. The molecule has 1 atom stereocenters. The molecule has 1 unspecified atom stereocenters. The van der Waals surface area contributed by atoms with Crippen LogP contribution in [0, 0.1) is 5.92 Å². The van der Waals surface area contributed by atoms with Crippen LogP contribution in [0.1, 0.15) is 39.7 Å². The summed E-state index contributed by atoms with van der Waals surface area (Å²) in [6.45, 7) is 8.17. The minimum Gasteiger partial charge on any atom is -0.234 e. The molecule has 0 fully saturated rings. The highest BCUT2D eigenvalue weighted by Crippen LogP contribution is 2.27. The van der Waals surface area contributed by atoms with Crippen LogP contribution in [0.2, 0.25) is 0 Å². The highest BCUT2D eigenvalue weighted by atomic mass is 32.2. The minimum atomic E-state index is -1.23. The maximum Gasteiger partial charge on any atom is 0.149 e. The lowest BCUT2D eigenvalue weighted by molar-refractivity contribution is 0.644. The third kappa shape index (κ3) is 4.08. The van der Waals surface area contributed by atoms with Gasteiger partial charge in [0.05, 0.1) is 4.75 Å². The van der Waals surface area contributed by atoms with E-state index in [4.69, 9.17) is 0 Å². The van der Waals surface area contributed by atoms with Gasteiger partial charge in [-0.05, 0) is 31.7 Å². The molecular weight excluding hydrogens is 230 g/mol. The topological polar surface area (TPSA) is 29.4 Å². The highest BCUT2D eigenvalue weighted by molar-refractivity contribution is 7.84. The zero-order valence-corrected chi connectivity index (χ0v) is 11.8. The summed E-state index contributed by atoms with van der Waals surface area (Å²) in [6.07, 6.45) is 2.65. The van der Waals surface area contributed by atoms with Crippen molar-refractivity contribution in [1.29, 1.82) is 0 Å². The Morgan fingerprint density at radius 1 is 1.29 bits per heavy atom. The Morgan fingerprint density at radius 2 is 1.88 bits per heavy atom. The largest absolute Gasteiger partial charge is 0.234 e. The van der Waals surface area contributed by atoms with Crippen LogP contribution in [0.3, 0.4) is 0 Å². The number of hydrogen-bond donors (Lipinski definition) is 0. The van der Waals surface area contributed by atoms with E-state index in [1.807, 2.05) is 44.2 Å². The minimum absolute atomic E-state index is 0.436. The molecule has 0 aliphatic heterocycles. The Kier molecular flexibility index (Phi) is 5.06. The van der Waals surface area contributed by atoms with E-state index in [0.29, 0.717) is 5.92 Å². The van der Waals surface area contributed by atoms with E-state index in [-0.39, 0.29) is 0 Å². The van der Waals surface area contributed by atoms with Crippen molar-refractivity contribution in [3.05, 3.63) is 35.9 Å². The highest BCUT2D eigenvalue weighted by Gasteiger charge is 2.27. The summed E-state index contributed by atoms with van der Waals surface area (Å²) in [4.78, 5) is 0. The van der Waals surface area contributed by atoms with Crippen LogP contribution in [0.4, 0.5) is 0 Å². The molecule has 1 aromatic rings. The summed E-state index contributed by atoms with van der Waals surface area (Å²) < 4.78 is 15.9. The monoisotopic (exact) mass is 251 g/mol. The van der Waals surface area contributed by atoms with Crippen molar-refractivity contribution in [3.8, 4) is 0 Å². The molecule has 0 amide bonds. The van der Waals surface area contributed by atoms with E-state index in [1.165, 1.54) is 0 Å². The summed E-state index contributed by atoms with van der Waals surface area (Å²) in [5.74, 6) is 0.551. The first-order valence-corrected chi connectivity index (χ1v) is 7.05. The van der Waals surface area contributed by atoms with Crippen LogP contribution >= 0.6 is 0 Å². The van der Waals surface area contributed by atoms with Crippen molar-refractivity contribution >= 4 is 17.2 Å². The molecule has 0 bridgehead atoms. The Bertz CT molecular complexity index is 396. The zero-order chi connectivity index (χ0) is 12.9. The van der Waals surface area contributed by atoms with E-state index >= 15 is 0 Å². The second-order valence-corrected chi connectivity index (χ2v) is 6.77. The lowest BCUT2D eigenvalue weighted by Gasteiger charge is -2.21. The van der Waals surface area contributed by atoms with Gasteiger partial charge < -0.3 is 0 Å². The Labute approximate surface area is 107 Å². The third-order valence-electron chi connectivity index (χ3n) is 2.65. The van der Waals surface area contributed by atoms with E-state index in [1.54, 1.807) is 6.21 Å². The van der Waals surface area contributed by atoms with Gasteiger partial charge >= 0.3 is 0 Å². The molecule has 1 aromatic carbocycles. The summed E-state index contributed by atoms with van der Waals surface area (Å²) in [5, 5.41) is 0. The van der Waals surface area contributed by atoms with Crippen molar-refractivity contribution in [1.82, 2.24) is 0 Å². The van der Waals surface area contributed by atoms with Crippen LogP contribution in [-0.4, -0.2) is 10.4 Å². The van der Waals surface area contributed by atoms with Crippen LogP contribution in [-0.2, 0) is 15.7 Å². The average molecular weight is 251 g/mol. The van der Waals surface area contributed by atoms with Crippen molar-refractivity contribution in [2.45, 2.75) is 38.9 Å². The van der Waals surface area contributed by atoms with Gasteiger partial charge in [0.15, 0.2) is 0 Å². The van der Waals surface area contributed by atoms with Crippen LogP contribution in [0.25, 0.3) is 0 Å².